The van der Waals surface area contributed by atoms with Crippen molar-refractivity contribution in [3.63, 3.8) is 0 Å². The molecule has 0 radical (unpaired) electrons. The minimum Gasteiger partial charge on any atom is -0.357 e. The number of piperidine rings is 1. The Morgan fingerprint density at radius 3 is 2.62 bits per heavy atom. The fraction of sp³-hybridized carbons (Fsp3) is 0.636. The van der Waals surface area contributed by atoms with Crippen LogP contribution in [0.2, 0.25) is 0 Å². The third-order valence-electron chi connectivity index (χ3n) is 2.75. The predicted octanol–water partition coefficient (Wildman–Crippen LogP) is 2.01. The van der Waals surface area contributed by atoms with Gasteiger partial charge in [-0.1, -0.05) is 6.42 Å². The molecule has 0 amide bonds. The molecule has 72 valence electrons. The molecule has 1 aromatic heterocycles. The van der Waals surface area contributed by atoms with Crippen LogP contribution in [0.5, 0.6) is 0 Å². The van der Waals surface area contributed by atoms with Crippen LogP contribution in [0, 0.1) is 0 Å². The molecular weight excluding hydrogens is 160 g/mol. The first kappa shape index (κ1) is 8.82. The quantitative estimate of drug-likeness (QED) is 0.672. The molecule has 1 aromatic rings. The maximum absolute atomic E-state index is 2.55. The standard InChI is InChI=1S/C11H18N2/c1-12-8-5-11(9-12)10-13-6-3-2-4-7-13/h5,8-9H,2-4,6-7,10H2,1H3. The molecule has 0 aliphatic carbocycles. The van der Waals surface area contributed by atoms with Gasteiger partial charge in [-0.2, -0.15) is 0 Å². The number of likely N-dealkylation sites (tertiary alicyclic amines) is 1. The topological polar surface area (TPSA) is 8.17 Å². The van der Waals surface area contributed by atoms with Gasteiger partial charge in [-0.3, -0.25) is 4.90 Å². The lowest BCUT2D eigenvalue weighted by Gasteiger charge is -2.25. The predicted molar refractivity (Wildman–Crippen MR) is 54.5 cm³/mol. The van der Waals surface area contributed by atoms with Crippen LogP contribution in [-0.4, -0.2) is 22.6 Å². The van der Waals surface area contributed by atoms with Crippen LogP contribution in [-0.2, 0) is 13.6 Å². The zero-order chi connectivity index (χ0) is 9.10. The average Bonchev–Trinajstić information content (AvgIpc) is 2.53. The largest absolute Gasteiger partial charge is 0.357 e. The second-order valence-electron chi connectivity index (χ2n) is 4.02. The summed E-state index contributed by atoms with van der Waals surface area (Å²) < 4.78 is 2.12. The number of aromatic nitrogens is 1. The molecule has 2 nitrogen and oxygen atoms in total. The number of hydrogen-bond acceptors (Lipinski definition) is 1. The van der Waals surface area contributed by atoms with Crippen molar-refractivity contribution in [3.8, 4) is 0 Å². The summed E-state index contributed by atoms with van der Waals surface area (Å²) in [4.78, 5) is 2.55. The summed E-state index contributed by atoms with van der Waals surface area (Å²) in [5, 5.41) is 0. The highest BCUT2D eigenvalue weighted by molar-refractivity contribution is 5.09. The van der Waals surface area contributed by atoms with E-state index in [9.17, 15) is 0 Å². The maximum atomic E-state index is 2.55. The fourth-order valence-corrected chi connectivity index (χ4v) is 2.03. The van der Waals surface area contributed by atoms with Crippen LogP contribution in [0.3, 0.4) is 0 Å². The smallest absolute Gasteiger partial charge is 0.0248 e. The third-order valence-corrected chi connectivity index (χ3v) is 2.75. The van der Waals surface area contributed by atoms with Crippen molar-refractivity contribution in [1.29, 1.82) is 0 Å². The van der Waals surface area contributed by atoms with E-state index in [1.165, 1.54) is 37.9 Å². The van der Waals surface area contributed by atoms with Crippen molar-refractivity contribution in [2.45, 2.75) is 25.8 Å². The van der Waals surface area contributed by atoms with Gasteiger partial charge in [0, 0.05) is 26.0 Å². The molecule has 1 fully saturated rings. The summed E-state index contributed by atoms with van der Waals surface area (Å²) in [5.41, 5.74) is 1.45. The number of rotatable bonds is 2. The van der Waals surface area contributed by atoms with E-state index in [0.717, 1.165) is 6.54 Å². The Kier molecular flexibility index (Phi) is 2.69. The van der Waals surface area contributed by atoms with E-state index in [4.69, 9.17) is 0 Å². The Morgan fingerprint density at radius 1 is 1.23 bits per heavy atom. The number of nitrogens with zero attached hydrogens (tertiary/aromatic N) is 2. The van der Waals surface area contributed by atoms with Gasteiger partial charge in [-0.15, -0.1) is 0 Å². The number of aryl methyl sites for hydroxylation is 1. The summed E-state index contributed by atoms with van der Waals surface area (Å²) in [6.07, 6.45) is 8.53. The van der Waals surface area contributed by atoms with Gasteiger partial charge < -0.3 is 4.57 Å². The highest BCUT2D eigenvalue weighted by atomic mass is 15.1. The third kappa shape index (κ3) is 2.34. The second kappa shape index (κ2) is 3.97. The van der Waals surface area contributed by atoms with E-state index in [1.807, 2.05) is 0 Å². The lowest BCUT2D eigenvalue weighted by Crippen LogP contribution is -2.28. The Morgan fingerprint density at radius 2 is 2.00 bits per heavy atom. The summed E-state index contributed by atoms with van der Waals surface area (Å²) in [7, 11) is 2.08. The molecule has 2 heteroatoms. The van der Waals surface area contributed by atoms with Crippen molar-refractivity contribution in [2.75, 3.05) is 13.1 Å². The van der Waals surface area contributed by atoms with E-state index < -0.39 is 0 Å². The van der Waals surface area contributed by atoms with Gasteiger partial charge in [0.1, 0.15) is 0 Å². The van der Waals surface area contributed by atoms with Crippen molar-refractivity contribution in [1.82, 2.24) is 9.47 Å². The van der Waals surface area contributed by atoms with Crippen LogP contribution in [0.25, 0.3) is 0 Å². The van der Waals surface area contributed by atoms with Crippen molar-refractivity contribution in [3.05, 3.63) is 24.0 Å². The van der Waals surface area contributed by atoms with Gasteiger partial charge in [0.15, 0.2) is 0 Å². The molecule has 1 saturated heterocycles. The van der Waals surface area contributed by atoms with Gasteiger partial charge in [-0.05, 0) is 37.6 Å². The first-order valence-corrected chi connectivity index (χ1v) is 5.18. The summed E-state index contributed by atoms with van der Waals surface area (Å²) in [6, 6.07) is 2.22. The molecule has 0 N–H and O–H groups in total. The van der Waals surface area contributed by atoms with E-state index in [0.29, 0.717) is 0 Å². The maximum Gasteiger partial charge on any atom is 0.0248 e. The monoisotopic (exact) mass is 178 g/mol. The first-order chi connectivity index (χ1) is 6.34. The molecule has 0 saturated carbocycles. The van der Waals surface area contributed by atoms with Gasteiger partial charge >= 0.3 is 0 Å². The van der Waals surface area contributed by atoms with Crippen molar-refractivity contribution < 1.29 is 0 Å². The highest BCUT2D eigenvalue weighted by Gasteiger charge is 2.10. The molecule has 0 spiro atoms. The van der Waals surface area contributed by atoms with Crippen LogP contribution in [0.4, 0.5) is 0 Å². The van der Waals surface area contributed by atoms with E-state index in [1.54, 1.807) is 0 Å². The molecular formula is C11H18N2. The minimum atomic E-state index is 1.14. The summed E-state index contributed by atoms with van der Waals surface area (Å²) >= 11 is 0. The molecule has 0 unspecified atom stereocenters. The molecule has 13 heavy (non-hydrogen) atoms. The van der Waals surface area contributed by atoms with E-state index >= 15 is 0 Å². The first-order valence-electron chi connectivity index (χ1n) is 5.18. The zero-order valence-corrected chi connectivity index (χ0v) is 8.37. The number of hydrogen-bond donors (Lipinski definition) is 0. The van der Waals surface area contributed by atoms with Gasteiger partial charge in [-0.25, -0.2) is 0 Å². The molecule has 2 heterocycles. The summed E-state index contributed by atoms with van der Waals surface area (Å²) in [6.45, 7) is 3.71. The van der Waals surface area contributed by atoms with Gasteiger partial charge in [0.05, 0.1) is 0 Å². The average molecular weight is 178 g/mol. The second-order valence-corrected chi connectivity index (χ2v) is 4.02. The molecule has 1 aliphatic rings. The van der Waals surface area contributed by atoms with E-state index in [-0.39, 0.29) is 0 Å². The Hall–Kier alpha value is -0.760. The van der Waals surface area contributed by atoms with Gasteiger partial charge in [0.25, 0.3) is 0 Å². The van der Waals surface area contributed by atoms with Crippen molar-refractivity contribution >= 4 is 0 Å². The van der Waals surface area contributed by atoms with Crippen molar-refractivity contribution in [2.24, 2.45) is 7.05 Å². The Bertz CT molecular complexity index is 259. The highest BCUT2D eigenvalue weighted by Crippen LogP contribution is 2.12. The minimum absolute atomic E-state index is 1.14. The fourth-order valence-electron chi connectivity index (χ4n) is 2.03. The van der Waals surface area contributed by atoms with Crippen LogP contribution < -0.4 is 0 Å². The molecule has 1 aliphatic heterocycles. The van der Waals surface area contributed by atoms with Crippen LogP contribution in [0.15, 0.2) is 18.5 Å². The SMILES string of the molecule is Cn1ccc(CN2CCCCC2)c1. The molecule has 0 atom stereocenters. The lowest BCUT2D eigenvalue weighted by atomic mass is 10.1. The van der Waals surface area contributed by atoms with Crippen LogP contribution >= 0.6 is 0 Å². The molecule has 0 bridgehead atoms. The van der Waals surface area contributed by atoms with Crippen LogP contribution in [0.1, 0.15) is 24.8 Å². The molecule has 2 rings (SSSR count). The Balaban J connectivity index is 1.89. The Labute approximate surface area is 80.2 Å². The van der Waals surface area contributed by atoms with E-state index in [2.05, 4.69) is 35.0 Å². The summed E-state index contributed by atoms with van der Waals surface area (Å²) in [5.74, 6) is 0. The lowest BCUT2D eigenvalue weighted by molar-refractivity contribution is 0.221. The molecule has 0 aromatic carbocycles. The zero-order valence-electron chi connectivity index (χ0n) is 8.37. The normalized spacial score (nSPS) is 19.2. The van der Waals surface area contributed by atoms with Gasteiger partial charge in [0.2, 0.25) is 0 Å².